The van der Waals surface area contributed by atoms with E-state index in [9.17, 15) is 8.78 Å². The molecule has 0 radical (unpaired) electrons. The van der Waals surface area contributed by atoms with E-state index in [-0.39, 0.29) is 12.8 Å². The first-order valence-electron chi connectivity index (χ1n) is 3.00. The van der Waals surface area contributed by atoms with Crippen LogP contribution in [0.4, 0.5) is 8.78 Å². The summed E-state index contributed by atoms with van der Waals surface area (Å²) in [6.45, 7) is 6.50. The van der Waals surface area contributed by atoms with Crippen LogP contribution in [0.1, 0.15) is 26.7 Å². The first-order valence-corrected chi connectivity index (χ1v) is 3.00. The van der Waals surface area contributed by atoms with Crippen molar-refractivity contribution in [3.63, 3.8) is 0 Å². The molecule has 0 aliphatic heterocycles. The minimum Gasteiger partial charge on any atom is -0.207 e. The fraction of sp³-hybridized carbons (Fsp3) is 0.714. The molecule has 0 fully saturated rings. The number of allylic oxidation sites excluding steroid dienone is 1. The minimum atomic E-state index is -2.54. The standard InChI is InChI=1S/C7H12F2/c1-4-7(8,9)5-6(2)3/h2,4-5H2,1,3H3. The third-order valence-electron chi connectivity index (χ3n) is 1.08. The van der Waals surface area contributed by atoms with Crippen LogP contribution in [0.15, 0.2) is 12.2 Å². The van der Waals surface area contributed by atoms with E-state index in [4.69, 9.17) is 0 Å². The lowest BCUT2D eigenvalue weighted by atomic mass is 10.1. The Morgan fingerprint density at radius 1 is 1.56 bits per heavy atom. The Kier molecular flexibility index (Phi) is 2.82. The highest BCUT2D eigenvalue weighted by Crippen LogP contribution is 2.25. The van der Waals surface area contributed by atoms with Crippen molar-refractivity contribution < 1.29 is 8.78 Å². The minimum absolute atomic E-state index is 0.0974. The average molecular weight is 134 g/mol. The van der Waals surface area contributed by atoms with Gasteiger partial charge in [-0.2, -0.15) is 0 Å². The average Bonchev–Trinajstić information content (AvgIpc) is 1.63. The molecule has 0 rings (SSSR count). The van der Waals surface area contributed by atoms with Crippen molar-refractivity contribution in [2.45, 2.75) is 32.6 Å². The largest absolute Gasteiger partial charge is 0.251 e. The van der Waals surface area contributed by atoms with E-state index in [0.717, 1.165) is 0 Å². The second-order valence-electron chi connectivity index (χ2n) is 2.34. The lowest BCUT2D eigenvalue weighted by Gasteiger charge is -2.12. The maximum atomic E-state index is 12.3. The molecule has 54 valence electrons. The molecule has 0 N–H and O–H groups in total. The molecular formula is C7H12F2. The monoisotopic (exact) mass is 134 g/mol. The lowest BCUT2D eigenvalue weighted by Crippen LogP contribution is -2.13. The zero-order chi connectivity index (χ0) is 7.49. The van der Waals surface area contributed by atoms with Crippen molar-refractivity contribution in [1.29, 1.82) is 0 Å². The van der Waals surface area contributed by atoms with Gasteiger partial charge >= 0.3 is 0 Å². The Bertz CT molecular complexity index is 105. The first kappa shape index (κ1) is 8.60. The van der Waals surface area contributed by atoms with E-state index in [1.165, 1.54) is 6.92 Å². The van der Waals surface area contributed by atoms with Gasteiger partial charge in [-0.1, -0.05) is 19.1 Å². The molecule has 0 saturated heterocycles. The van der Waals surface area contributed by atoms with Crippen LogP contribution >= 0.6 is 0 Å². The molecule has 0 nitrogen and oxygen atoms in total. The Hall–Kier alpha value is -0.400. The summed E-state index contributed by atoms with van der Waals surface area (Å²) in [5.74, 6) is -2.54. The molecule has 0 saturated carbocycles. The van der Waals surface area contributed by atoms with E-state index in [2.05, 4.69) is 6.58 Å². The summed E-state index contributed by atoms with van der Waals surface area (Å²) in [7, 11) is 0. The van der Waals surface area contributed by atoms with Gasteiger partial charge in [-0.25, -0.2) is 8.78 Å². The highest BCUT2D eigenvalue weighted by molar-refractivity contribution is 4.92. The van der Waals surface area contributed by atoms with E-state index in [1.807, 2.05) is 0 Å². The zero-order valence-corrected chi connectivity index (χ0v) is 5.88. The molecule has 0 spiro atoms. The van der Waals surface area contributed by atoms with E-state index in [0.29, 0.717) is 5.57 Å². The van der Waals surface area contributed by atoms with Gasteiger partial charge in [-0.05, 0) is 6.92 Å². The quantitative estimate of drug-likeness (QED) is 0.520. The van der Waals surface area contributed by atoms with Crippen molar-refractivity contribution in [3.05, 3.63) is 12.2 Å². The highest BCUT2D eigenvalue weighted by atomic mass is 19.3. The van der Waals surface area contributed by atoms with Gasteiger partial charge in [0.15, 0.2) is 0 Å². The molecule has 0 aromatic carbocycles. The molecule has 0 aliphatic rings. The van der Waals surface area contributed by atoms with Gasteiger partial charge in [0.25, 0.3) is 5.92 Å². The molecule has 0 aliphatic carbocycles. The second kappa shape index (κ2) is 2.95. The number of hydrogen-bond donors (Lipinski definition) is 0. The fourth-order valence-corrected chi connectivity index (χ4v) is 0.567. The van der Waals surface area contributed by atoms with Crippen LogP contribution < -0.4 is 0 Å². The molecule has 0 bridgehead atoms. The van der Waals surface area contributed by atoms with E-state index < -0.39 is 5.92 Å². The smallest absolute Gasteiger partial charge is 0.207 e. The van der Waals surface area contributed by atoms with Gasteiger partial charge in [0.1, 0.15) is 0 Å². The fourth-order valence-electron chi connectivity index (χ4n) is 0.567. The maximum absolute atomic E-state index is 12.3. The van der Waals surface area contributed by atoms with E-state index >= 15 is 0 Å². The van der Waals surface area contributed by atoms with Gasteiger partial charge in [0.05, 0.1) is 0 Å². The van der Waals surface area contributed by atoms with Crippen LogP contribution in [0.25, 0.3) is 0 Å². The van der Waals surface area contributed by atoms with Crippen LogP contribution in [0, 0.1) is 0 Å². The second-order valence-corrected chi connectivity index (χ2v) is 2.34. The molecule has 0 aromatic heterocycles. The Labute approximate surface area is 54.6 Å². The van der Waals surface area contributed by atoms with Crippen molar-refractivity contribution in [2.24, 2.45) is 0 Å². The van der Waals surface area contributed by atoms with Gasteiger partial charge in [0.2, 0.25) is 0 Å². The Morgan fingerprint density at radius 2 is 2.00 bits per heavy atom. The van der Waals surface area contributed by atoms with Crippen molar-refractivity contribution in [2.75, 3.05) is 0 Å². The zero-order valence-electron chi connectivity index (χ0n) is 5.88. The molecule has 0 heterocycles. The first-order chi connectivity index (χ1) is 3.98. The molecular weight excluding hydrogens is 122 g/mol. The van der Waals surface area contributed by atoms with E-state index in [1.54, 1.807) is 6.92 Å². The number of alkyl halides is 2. The van der Waals surface area contributed by atoms with Crippen LogP contribution in [0.5, 0.6) is 0 Å². The maximum Gasteiger partial charge on any atom is 0.251 e. The Morgan fingerprint density at radius 3 is 2.11 bits per heavy atom. The van der Waals surface area contributed by atoms with Crippen LogP contribution in [-0.4, -0.2) is 5.92 Å². The van der Waals surface area contributed by atoms with Crippen molar-refractivity contribution in [3.8, 4) is 0 Å². The van der Waals surface area contributed by atoms with Crippen molar-refractivity contribution in [1.82, 2.24) is 0 Å². The molecule has 0 aromatic rings. The number of rotatable bonds is 3. The predicted octanol–water partition coefficient (Wildman–Crippen LogP) is 3.00. The third kappa shape index (κ3) is 4.13. The lowest BCUT2D eigenvalue weighted by molar-refractivity contribution is -0.00196. The number of hydrogen-bond acceptors (Lipinski definition) is 0. The van der Waals surface area contributed by atoms with Crippen molar-refractivity contribution >= 4 is 0 Å². The molecule has 0 amide bonds. The summed E-state index contributed by atoms with van der Waals surface area (Å²) in [6, 6.07) is 0. The highest BCUT2D eigenvalue weighted by Gasteiger charge is 2.25. The topological polar surface area (TPSA) is 0 Å². The Balaban J connectivity index is 3.71. The normalized spacial score (nSPS) is 11.6. The van der Waals surface area contributed by atoms with Gasteiger partial charge in [-0.15, -0.1) is 0 Å². The van der Waals surface area contributed by atoms with Crippen LogP contribution in [-0.2, 0) is 0 Å². The summed E-state index contributed by atoms with van der Waals surface area (Å²) in [4.78, 5) is 0. The van der Waals surface area contributed by atoms with Crippen LogP contribution in [0.3, 0.4) is 0 Å². The van der Waals surface area contributed by atoms with Gasteiger partial charge in [-0.3, -0.25) is 0 Å². The molecule has 9 heavy (non-hydrogen) atoms. The summed E-state index contributed by atoms with van der Waals surface area (Å²) in [6.07, 6.45) is -0.274. The summed E-state index contributed by atoms with van der Waals surface area (Å²) in [5, 5.41) is 0. The molecule has 0 unspecified atom stereocenters. The third-order valence-corrected chi connectivity index (χ3v) is 1.08. The summed E-state index contributed by atoms with van der Waals surface area (Å²) < 4.78 is 24.7. The summed E-state index contributed by atoms with van der Waals surface area (Å²) >= 11 is 0. The van der Waals surface area contributed by atoms with Gasteiger partial charge in [0, 0.05) is 12.8 Å². The molecule has 2 heteroatoms. The predicted molar refractivity (Wildman–Crippen MR) is 34.7 cm³/mol. The SMILES string of the molecule is C=C(C)CC(F)(F)CC. The summed E-state index contributed by atoms with van der Waals surface area (Å²) in [5.41, 5.74) is 0.543. The molecule has 0 atom stereocenters. The van der Waals surface area contributed by atoms with Crippen LogP contribution in [0.2, 0.25) is 0 Å². The van der Waals surface area contributed by atoms with Gasteiger partial charge < -0.3 is 0 Å². The number of halogens is 2.